The van der Waals surface area contributed by atoms with Crippen molar-refractivity contribution in [1.82, 2.24) is 5.32 Å². The first-order valence-corrected chi connectivity index (χ1v) is 5.89. The van der Waals surface area contributed by atoms with Crippen LogP contribution in [-0.2, 0) is 14.3 Å². The highest BCUT2D eigenvalue weighted by atomic mass is 16.5. The first-order valence-electron chi connectivity index (χ1n) is 5.89. The maximum absolute atomic E-state index is 11.5. The third kappa shape index (κ3) is 7.74. The van der Waals surface area contributed by atoms with Gasteiger partial charge in [0.05, 0.1) is 0 Å². The van der Waals surface area contributed by atoms with Crippen LogP contribution < -0.4 is 5.32 Å². The lowest BCUT2D eigenvalue weighted by Gasteiger charge is -2.19. The van der Waals surface area contributed by atoms with E-state index in [9.17, 15) is 9.59 Å². The number of nitrogens with one attached hydrogen (secondary N) is 1. The fraction of sp³-hybridized carbons (Fsp3) is 0.833. The summed E-state index contributed by atoms with van der Waals surface area (Å²) in [6.07, 6.45) is 0.368. The molecule has 0 bridgehead atoms. The molecule has 0 rings (SSSR count). The largest absolute Gasteiger partial charge is 0.481 e. The minimum absolute atomic E-state index is 0.0273. The van der Waals surface area contributed by atoms with Gasteiger partial charge in [-0.3, -0.25) is 9.59 Å². The van der Waals surface area contributed by atoms with E-state index < -0.39 is 12.1 Å². The zero-order valence-corrected chi connectivity index (χ0v) is 11.0. The van der Waals surface area contributed by atoms with Gasteiger partial charge in [-0.15, -0.1) is 0 Å². The van der Waals surface area contributed by atoms with Crippen molar-refractivity contribution < 1.29 is 19.4 Å². The number of methoxy groups -OCH3 is 1. The molecule has 0 heterocycles. The Hall–Kier alpha value is -1.10. The fourth-order valence-corrected chi connectivity index (χ4v) is 1.65. The van der Waals surface area contributed by atoms with E-state index >= 15 is 0 Å². The second-order valence-electron chi connectivity index (χ2n) is 4.72. The van der Waals surface area contributed by atoms with Crippen LogP contribution in [0.3, 0.4) is 0 Å². The molecule has 0 aromatic carbocycles. The molecule has 0 fully saturated rings. The van der Waals surface area contributed by atoms with Crippen LogP contribution in [0.15, 0.2) is 0 Å². The highest BCUT2D eigenvalue weighted by Gasteiger charge is 2.18. The van der Waals surface area contributed by atoms with Gasteiger partial charge in [0.1, 0.15) is 6.10 Å². The summed E-state index contributed by atoms with van der Waals surface area (Å²) in [4.78, 5) is 22.2. The molecule has 1 unspecified atom stereocenters. The van der Waals surface area contributed by atoms with E-state index in [1.54, 1.807) is 6.92 Å². The first kappa shape index (κ1) is 15.9. The van der Waals surface area contributed by atoms with Crippen molar-refractivity contribution in [1.29, 1.82) is 0 Å². The summed E-state index contributed by atoms with van der Waals surface area (Å²) in [6.45, 7) is 6.11. The Balaban J connectivity index is 4.15. The molecule has 17 heavy (non-hydrogen) atoms. The van der Waals surface area contributed by atoms with Crippen LogP contribution in [-0.4, -0.2) is 36.7 Å². The van der Waals surface area contributed by atoms with Gasteiger partial charge in [0.15, 0.2) is 0 Å². The quantitative estimate of drug-likeness (QED) is 0.675. The molecule has 0 saturated carbocycles. The molecule has 5 heteroatoms. The van der Waals surface area contributed by atoms with Crippen molar-refractivity contribution in [3.05, 3.63) is 0 Å². The van der Waals surface area contributed by atoms with Crippen molar-refractivity contribution in [3.63, 3.8) is 0 Å². The van der Waals surface area contributed by atoms with Crippen LogP contribution in [0, 0.1) is 11.8 Å². The van der Waals surface area contributed by atoms with Crippen LogP contribution in [0.1, 0.15) is 33.6 Å². The number of carboxylic acids is 1. The van der Waals surface area contributed by atoms with E-state index in [0.29, 0.717) is 12.5 Å². The number of amides is 1. The van der Waals surface area contributed by atoms with Crippen molar-refractivity contribution in [2.24, 2.45) is 11.8 Å². The van der Waals surface area contributed by atoms with E-state index in [4.69, 9.17) is 9.84 Å². The summed E-state index contributed by atoms with van der Waals surface area (Å²) in [5.74, 6) is -0.645. The van der Waals surface area contributed by atoms with Crippen LogP contribution in [0.5, 0.6) is 0 Å². The first-order chi connectivity index (χ1) is 7.86. The Morgan fingerprint density at radius 1 is 1.29 bits per heavy atom. The normalized spacial score (nSPS) is 14.4. The molecule has 0 aliphatic rings. The molecule has 0 spiro atoms. The number of carboxylic acid groups (broad SMARTS) is 1. The molecule has 2 atom stereocenters. The Bertz CT molecular complexity index is 253. The van der Waals surface area contributed by atoms with Crippen LogP contribution in [0.4, 0.5) is 0 Å². The summed E-state index contributed by atoms with van der Waals surface area (Å²) < 4.78 is 4.88. The van der Waals surface area contributed by atoms with Gasteiger partial charge in [0.2, 0.25) is 5.91 Å². The maximum atomic E-state index is 11.5. The van der Waals surface area contributed by atoms with Crippen molar-refractivity contribution >= 4 is 11.9 Å². The Labute approximate surface area is 103 Å². The number of carbonyl (C=O) groups is 2. The maximum Gasteiger partial charge on any atom is 0.303 e. The minimum atomic E-state index is -0.829. The predicted octanol–water partition coefficient (Wildman–Crippen LogP) is 1.27. The summed E-state index contributed by atoms with van der Waals surface area (Å²) in [5, 5.41) is 11.5. The number of ether oxygens (including phenoxy) is 1. The molecule has 5 nitrogen and oxygen atoms in total. The van der Waals surface area contributed by atoms with Crippen LogP contribution in [0.25, 0.3) is 0 Å². The molecular weight excluding hydrogens is 222 g/mol. The molecule has 0 saturated heterocycles. The number of rotatable bonds is 8. The highest BCUT2D eigenvalue weighted by molar-refractivity contribution is 5.80. The van der Waals surface area contributed by atoms with Crippen molar-refractivity contribution in [3.8, 4) is 0 Å². The topological polar surface area (TPSA) is 75.6 Å². The average molecular weight is 245 g/mol. The summed E-state index contributed by atoms with van der Waals surface area (Å²) in [6, 6.07) is 0. The third-order valence-electron chi connectivity index (χ3n) is 2.56. The highest BCUT2D eigenvalue weighted by Crippen LogP contribution is 2.14. The van der Waals surface area contributed by atoms with E-state index in [1.807, 2.05) is 13.8 Å². The number of hydrogen-bond acceptors (Lipinski definition) is 3. The van der Waals surface area contributed by atoms with Gasteiger partial charge in [-0.05, 0) is 25.2 Å². The van der Waals surface area contributed by atoms with Gasteiger partial charge in [0.25, 0.3) is 0 Å². The number of hydrogen-bond donors (Lipinski definition) is 2. The van der Waals surface area contributed by atoms with Crippen LogP contribution >= 0.6 is 0 Å². The molecule has 1 amide bonds. The molecule has 0 aliphatic heterocycles. The van der Waals surface area contributed by atoms with E-state index in [1.165, 1.54) is 7.11 Å². The molecule has 0 radical (unpaired) electrons. The molecule has 0 aliphatic carbocycles. The predicted molar refractivity (Wildman–Crippen MR) is 64.7 cm³/mol. The van der Waals surface area contributed by atoms with E-state index in [0.717, 1.165) is 6.42 Å². The lowest BCUT2D eigenvalue weighted by atomic mass is 9.94. The molecule has 2 N–H and O–H groups in total. The monoisotopic (exact) mass is 245 g/mol. The standard InChI is InChI=1S/C12H23NO4/c1-8(2)5-10(6-11(14)15)7-13-12(16)9(3)17-4/h8-10H,5-7H2,1-4H3,(H,13,16)(H,14,15)/t9?,10-/m0/s1. The zero-order valence-electron chi connectivity index (χ0n) is 11.0. The zero-order chi connectivity index (χ0) is 13.4. The smallest absolute Gasteiger partial charge is 0.303 e. The van der Waals surface area contributed by atoms with E-state index in [-0.39, 0.29) is 18.2 Å². The lowest BCUT2D eigenvalue weighted by molar-refractivity contribution is -0.138. The van der Waals surface area contributed by atoms with Crippen molar-refractivity contribution in [2.45, 2.75) is 39.7 Å². The number of carbonyl (C=O) groups excluding carboxylic acids is 1. The second kappa shape index (κ2) is 8.06. The second-order valence-corrected chi connectivity index (χ2v) is 4.72. The third-order valence-corrected chi connectivity index (χ3v) is 2.56. The Kier molecular flexibility index (Phi) is 7.54. The molecule has 0 aromatic heterocycles. The minimum Gasteiger partial charge on any atom is -0.481 e. The Morgan fingerprint density at radius 3 is 2.29 bits per heavy atom. The molecular formula is C12H23NO4. The summed E-state index contributed by atoms with van der Waals surface area (Å²) in [7, 11) is 1.47. The van der Waals surface area contributed by atoms with E-state index in [2.05, 4.69) is 5.32 Å². The Morgan fingerprint density at radius 2 is 1.88 bits per heavy atom. The summed E-state index contributed by atoms with van der Waals surface area (Å²) in [5.41, 5.74) is 0. The number of aliphatic carboxylic acids is 1. The average Bonchev–Trinajstić information content (AvgIpc) is 2.22. The van der Waals surface area contributed by atoms with Gasteiger partial charge in [-0.1, -0.05) is 13.8 Å². The van der Waals surface area contributed by atoms with Gasteiger partial charge < -0.3 is 15.2 Å². The molecule has 100 valence electrons. The van der Waals surface area contributed by atoms with Gasteiger partial charge in [-0.2, -0.15) is 0 Å². The van der Waals surface area contributed by atoms with Crippen molar-refractivity contribution in [2.75, 3.05) is 13.7 Å². The lowest BCUT2D eigenvalue weighted by Crippen LogP contribution is -2.37. The molecule has 0 aromatic rings. The van der Waals surface area contributed by atoms with Gasteiger partial charge in [0, 0.05) is 20.1 Å². The SMILES string of the molecule is COC(C)C(=O)NC[C@H](CC(=O)O)CC(C)C. The van der Waals surface area contributed by atoms with Gasteiger partial charge in [-0.25, -0.2) is 0 Å². The van der Waals surface area contributed by atoms with Crippen LogP contribution in [0.2, 0.25) is 0 Å². The summed E-state index contributed by atoms with van der Waals surface area (Å²) >= 11 is 0. The fourth-order valence-electron chi connectivity index (χ4n) is 1.65. The van der Waals surface area contributed by atoms with Gasteiger partial charge >= 0.3 is 5.97 Å².